The number of ketones is 1. The van der Waals surface area contributed by atoms with Gasteiger partial charge in [0.15, 0.2) is 12.4 Å². The summed E-state index contributed by atoms with van der Waals surface area (Å²) in [6.07, 6.45) is -0.0151. The van der Waals surface area contributed by atoms with E-state index in [0.29, 0.717) is 20.5 Å². The molecule has 0 bridgehead atoms. The number of ether oxygens (including phenoxy) is 1. The lowest BCUT2D eigenvalue weighted by Crippen LogP contribution is -2.31. The lowest BCUT2D eigenvalue weighted by molar-refractivity contribution is -0.148. The largest absolute Gasteiger partial charge is 0.456 e. The van der Waals surface area contributed by atoms with Crippen LogP contribution in [0.25, 0.3) is 0 Å². The molecule has 1 aromatic carbocycles. The number of halogens is 2. The standard InChI is InChI=1S/C19H19Cl2NO4S/c1-11-3-7-17(27-11)16(23)6-8-19(25)26-10-18(24)22-12(2)14-5-4-13(20)9-15(14)21/h3-5,7,9,12H,6,8,10H2,1-2H3,(H,22,24). The predicted octanol–water partition coefficient (Wildman–Crippen LogP) is 4.75. The summed E-state index contributed by atoms with van der Waals surface area (Å²) in [6.45, 7) is 3.25. The van der Waals surface area contributed by atoms with E-state index in [4.69, 9.17) is 27.9 Å². The molecule has 2 aromatic rings. The molecule has 1 heterocycles. The zero-order valence-electron chi connectivity index (χ0n) is 14.9. The van der Waals surface area contributed by atoms with Gasteiger partial charge in [-0.25, -0.2) is 0 Å². The molecule has 0 spiro atoms. The SMILES string of the molecule is Cc1ccc(C(=O)CCC(=O)OCC(=O)NC(C)c2ccc(Cl)cc2Cl)s1. The van der Waals surface area contributed by atoms with Gasteiger partial charge in [0.25, 0.3) is 5.91 Å². The summed E-state index contributed by atoms with van der Waals surface area (Å²) >= 11 is 13.3. The molecule has 1 atom stereocenters. The summed E-state index contributed by atoms with van der Waals surface area (Å²) in [5, 5.41) is 3.64. The normalized spacial score (nSPS) is 11.7. The summed E-state index contributed by atoms with van der Waals surface area (Å²) in [5.74, 6) is -1.16. The van der Waals surface area contributed by atoms with E-state index < -0.39 is 18.5 Å². The maximum absolute atomic E-state index is 12.0. The number of Topliss-reactive ketones (excluding diaryl/α,β-unsaturated/α-hetero) is 1. The number of hydrogen-bond acceptors (Lipinski definition) is 5. The topological polar surface area (TPSA) is 72.5 Å². The average molecular weight is 428 g/mol. The molecular formula is C19H19Cl2NO4S. The van der Waals surface area contributed by atoms with Crippen molar-refractivity contribution in [2.75, 3.05) is 6.61 Å². The van der Waals surface area contributed by atoms with Gasteiger partial charge in [0.1, 0.15) is 0 Å². The van der Waals surface area contributed by atoms with E-state index in [2.05, 4.69) is 5.32 Å². The molecule has 0 saturated carbocycles. The van der Waals surface area contributed by atoms with Crippen molar-refractivity contribution in [1.29, 1.82) is 0 Å². The second kappa shape index (κ2) is 9.88. The number of nitrogens with one attached hydrogen (secondary N) is 1. The molecule has 0 aliphatic carbocycles. The highest BCUT2D eigenvalue weighted by molar-refractivity contribution is 7.14. The van der Waals surface area contributed by atoms with Crippen molar-refractivity contribution in [3.05, 3.63) is 55.7 Å². The Hall–Kier alpha value is -1.89. The van der Waals surface area contributed by atoms with E-state index in [0.717, 1.165) is 4.88 Å². The van der Waals surface area contributed by atoms with Crippen molar-refractivity contribution in [1.82, 2.24) is 5.32 Å². The molecule has 27 heavy (non-hydrogen) atoms. The zero-order chi connectivity index (χ0) is 20.0. The third-order valence-electron chi connectivity index (χ3n) is 3.74. The van der Waals surface area contributed by atoms with Crippen molar-refractivity contribution >= 4 is 52.2 Å². The highest BCUT2D eigenvalue weighted by atomic mass is 35.5. The van der Waals surface area contributed by atoms with Crippen LogP contribution in [0, 0.1) is 6.92 Å². The molecule has 0 fully saturated rings. The minimum absolute atomic E-state index is 0.0528. The Kier molecular flexibility index (Phi) is 7.83. The fourth-order valence-corrected chi connectivity index (χ4v) is 3.76. The van der Waals surface area contributed by atoms with Gasteiger partial charge in [-0.15, -0.1) is 11.3 Å². The van der Waals surface area contributed by atoms with Crippen molar-refractivity contribution in [3.8, 4) is 0 Å². The number of carbonyl (C=O) groups is 3. The van der Waals surface area contributed by atoms with Crippen LogP contribution in [0.3, 0.4) is 0 Å². The van der Waals surface area contributed by atoms with Crippen molar-refractivity contribution < 1.29 is 19.1 Å². The first kappa shape index (κ1) is 21.4. The predicted molar refractivity (Wildman–Crippen MR) is 107 cm³/mol. The number of aryl methyl sites for hydroxylation is 1. The van der Waals surface area contributed by atoms with Crippen molar-refractivity contribution in [3.63, 3.8) is 0 Å². The minimum Gasteiger partial charge on any atom is -0.456 e. The summed E-state index contributed by atoms with van der Waals surface area (Å²) in [5.41, 5.74) is 0.706. The molecule has 144 valence electrons. The van der Waals surface area contributed by atoms with Crippen LogP contribution < -0.4 is 5.32 Å². The second-order valence-electron chi connectivity index (χ2n) is 5.95. The number of rotatable bonds is 8. The molecule has 1 N–H and O–H groups in total. The fourth-order valence-electron chi connectivity index (χ4n) is 2.35. The van der Waals surface area contributed by atoms with Crippen LogP contribution in [-0.2, 0) is 14.3 Å². The summed E-state index contributed by atoms with van der Waals surface area (Å²) < 4.78 is 4.93. The minimum atomic E-state index is -0.594. The highest BCUT2D eigenvalue weighted by Gasteiger charge is 2.16. The third kappa shape index (κ3) is 6.65. The van der Waals surface area contributed by atoms with Crippen LogP contribution in [0.4, 0.5) is 0 Å². The average Bonchev–Trinajstić information content (AvgIpc) is 3.04. The first-order chi connectivity index (χ1) is 12.8. The van der Waals surface area contributed by atoms with E-state index in [9.17, 15) is 14.4 Å². The first-order valence-corrected chi connectivity index (χ1v) is 9.83. The van der Waals surface area contributed by atoms with Crippen LogP contribution in [0.5, 0.6) is 0 Å². The molecule has 8 heteroatoms. The number of amides is 1. The lowest BCUT2D eigenvalue weighted by atomic mass is 10.1. The van der Waals surface area contributed by atoms with E-state index in [1.807, 2.05) is 13.0 Å². The summed E-state index contributed by atoms with van der Waals surface area (Å²) in [4.78, 5) is 37.3. The van der Waals surface area contributed by atoms with Crippen LogP contribution in [0.1, 0.15) is 45.9 Å². The number of thiophene rings is 1. The number of esters is 1. The van der Waals surface area contributed by atoms with Gasteiger partial charge >= 0.3 is 5.97 Å². The van der Waals surface area contributed by atoms with Gasteiger partial charge < -0.3 is 10.1 Å². The zero-order valence-corrected chi connectivity index (χ0v) is 17.2. The van der Waals surface area contributed by atoms with Crippen LogP contribution >= 0.6 is 34.5 Å². The van der Waals surface area contributed by atoms with Gasteiger partial charge in [-0.1, -0.05) is 29.3 Å². The third-order valence-corrected chi connectivity index (χ3v) is 5.35. The van der Waals surface area contributed by atoms with Gasteiger partial charge in [-0.2, -0.15) is 0 Å². The molecule has 0 radical (unpaired) electrons. The Balaban J connectivity index is 1.74. The maximum Gasteiger partial charge on any atom is 0.306 e. The van der Waals surface area contributed by atoms with Gasteiger partial charge in [-0.3, -0.25) is 14.4 Å². The van der Waals surface area contributed by atoms with Crippen LogP contribution in [0.15, 0.2) is 30.3 Å². The molecular weight excluding hydrogens is 409 g/mol. The van der Waals surface area contributed by atoms with Crippen LogP contribution in [-0.4, -0.2) is 24.3 Å². The number of benzene rings is 1. The van der Waals surface area contributed by atoms with Gasteiger partial charge in [-0.05, 0) is 43.7 Å². The molecule has 1 unspecified atom stereocenters. The Labute approximate surface area is 171 Å². The lowest BCUT2D eigenvalue weighted by Gasteiger charge is -2.16. The Morgan fingerprint density at radius 3 is 2.52 bits per heavy atom. The Morgan fingerprint density at radius 2 is 1.89 bits per heavy atom. The molecule has 1 amide bonds. The van der Waals surface area contributed by atoms with Crippen LogP contribution in [0.2, 0.25) is 10.0 Å². The fraction of sp³-hybridized carbons (Fsp3) is 0.316. The smallest absolute Gasteiger partial charge is 0.306 e. The van der Waals surface area contributed by atoms with Gasteiger partial charge in [0.2, 0.25) is 0 Å². The molecule has 0 aliphatic heterocycles. The molecule has 5 nitrogen and oxygen atoms in total. The van der Waals surface area contributed by atoms with Gasteiger partial charge in [0, 0.05) is 21.3 Å². The van der Waals surface area contributed by atoms with Crippen molar-refractivity contribution in [2.45, 2.75) is 32.7 Å². The first-order valence-electron chi connectivity index (χ1n) is 8.26. The Bertz CT molecular complexity index is 850. The van der Waals surface area contributed by atoms with E-state index in [-0.39, 0.29) is 24.7 Å². The monoisotopic (exact) mass is 427 g/mol. The highest BCUT2D eigenvalue weighted by Crippen LogP contribution is 2.26. The van der Waals surface area contributed by atoms with Crippen molar-refractivity contribution in [2.24, 2.45) is 0 Å². The molecule has 1 aromatic heterocycles. The van der Waals surface area contributed by atoms with E-state index >= 15 is 0 Å². The molecule has 0 aliphatic rings. The molecule has 0 saturated heterocycles. The van der Waals surface area contributed by atoms with E-state index in [1.165, 1.54) is 11.3 Å². The van der Waals surface area contributed by atoms with E-state index in [1.54, 1.807) is 31.2 Å². The second-order valence-corrected chi connectivity index (χ2v) is 8.08. The number of carbonyl (C=O) groups excluding carboxylic acids is 3. The summed E-state index contributed by atoms with van der Waals surface area (Å²) in [6, 6.07) is 8.22. The number of hydrogen-bond donors (Lipinski definition) is 1. The summed E-state index contributed by atoms with van der Waals surface area (Å²) in [7, 11) is 0. The molecule has 2 rings (SSSR count). The quantitative estimate of drug-likeness (QED) is 0.487. The van der Waals surface area contributed by atoms with Gasteiger partial charge in [0.05, 0.1) is 17.3 Å². The Morgan fingerprint density at radius 1 is 1.15 bits per heavy atom. The maximum atomic E-state index is 12.0.